The highest BCUT2D eigenvalue weighted by Gasteiger charge is 2.42. The van der Waals surface area contributed by atoms with Gasteiger partial charge in [-0.3, -0.25) is 0 Å². The van der Waals surface area contributed by atoms with Gasteiger partial charge in [-0.1, -0.05) is 13.3 Å². The Morgan fingerprint density at radius 1 is 1.25 bits per heavy atom. The lowest BCUT2D eigenvalue weighted by atomic mass is 9.84. The molecule has 0 atom stereocenters. The number of nitrogens with one attached hydrogen (secondary N) is 1. The Bertz CT molecular complexity index is 254. The normalized spacial score (nSPS) is 32.0. The van der Waals surface area contributed by atoms with Crippen LogP contribution >= 0.6 is 0 Å². The molecule has 0 aromatic carbocycles. The Hall–Kier alpha value is -0.550. The van der Waals surface area contributed by atoms with E-state index < -0.39 is 0 Å². The Morgan fingerprint density at radius 2 is 1.94 bits per heavy atom. The van der Waals surface area contributed by atoms with Crippen LogP contribution in [0.4, 0.5) is 0 Å². The molecule has 2 fully saturated rings. The third-order valence-corrected chi connectivity index (χ3v) is 4.60. The Morgan fingerprint density at radius 3 is 2.44 bits per heavy atom. The van der Waals surface area contributed by atoms with Gasteiger partial charge in [0.15, 0.2) is 0 Å². The lowest BCUT2D eigenvalue weighted by molar-refractivity contribution is 0.273. The van der Waals surface area contributed by atoms with Crippen molar-refractivity contribution >= 4 is 0 Å². The van der Waals surface area contributed by atoms with Crippen LogP contribution in [0, 0.1) is 22.7 Å². The molecular weight excluding hydrogens is 196 g/mol. The molecule has 2 saturated carbocycles. The van der Waals surface area contributed by atoms with Crippen molar-refractivity contribution in [2.45, 2.75) is 64.3 Å². The van der Waals surface area contributed by atoms with Gasteiger partial charge in [0.1, 0.15) is 0 Å². The average Bonchev–Trinajstić information content (AvgIpc) is 3.08. The van der Waals surface area contributed by atoms with E-state index in [9.17, 15) is 0 Å². The van der Waals surface area contributed by atoms with E-state index in [1.54, 1.807) is 0 Å². The molecule has 90 valence electrons. The molecule has 0 heterocycles. The molecule has 0 amide bonds. The van der Waals surface area contributed by atoms with Crippen molar-refractivity contribution in [3.63, 3.8) is 0 Å². The van der Waals surface area contributed by atoms with E-state index in [2.05, 4.69) is 18.3 Å². The van der Waals surface area contributed by atoms with Crippen LogP contribution in [0.25, 0.3) is 0 Å². The summed E-state index contributed by atoms with van der Waals surface area (Å²) in [5.41, 5.74) is 0.371. The molecule has 0 saturated heterocycles. The molecule has 2 aliphatic carbocycles. The molecular formula is C14H24N2. The van der Waals surface area contributed by atoms with Gasteiger partial charge >= 0.3 is 0 Å². The maximum atomic E-state index is 8.77. The summed E-state index contributed by atoms with van der Waals surface area (Å²) in [6.07, 6.45) is 10.1. The first-order valence-corrected chi connectivity index (χ1v) is 6.88. The SMILES string of the molecule is CCC1CCC(NCC2(CC#N)CC2)CC1. The number of hydrogen-bond acceptors (Lipinski definition) is 2. The highest BCUT2D eigenvalue weighted by Crippen LogP contribution is 2.48. The molecule has 0 unspecified atom stereocenters. The third-order valence-electron chi connectivity index (χ3n) is 4.60. The summed E-state index contributed by atoms with van der Waals surface area (Å²) in [6.45, 7) is 3.40. The summed E-state index contributed by atoms with van der Waals surface area (Å²) < 4.78 is 0. The van der Waals surface area contributed by atoms with Crippen molar-refractivity contribution in [1.82, 2.24) is 5.32 Å². The molecule has 0 aromatic rings. The molecule has 0 bridgehead atoms. The Kier molecular flexibility index (Phi) is 3.86. The zero-order valence-electron chi connectivity index (χ0n) is 10.5. The predicted molar refractivity (Wildman–Crippen MR) is 65.9 cm³/mol. The summed E-state index contributed by atoms with van der Waals surface area (Å²) in [5, 5.41) is 12.5. The van der Waals surface area contributed by atoms with Gasteiger partial charge in [-0.15, -0.1) is 0 Å². The van der Waals surface area contributed by atoms with Gasteiger partial charge in [-0.25, -0.2) is 0 Å². The number of hydrogen-bond donors (Lipinski definition) is 1. The van der Waals surface area contributed by atoms with E-state index in [1.165, 1.54) is 44.9 Å². The predicted octanol–water partition coefficient (Wildman–Crippen LogP) is 3.24. The minimum Gasteiger partial charge on any atom is -0.313 e. The van der Waals surface area contributed by atoms with E-state index in [0.29, 0.717) is 5.41 Å². The van der Waals surface area contributed by atoms with Crippen molar-refractivity contribution in [3.8, 4) is 6.07 Å². The van der Waals surface area contributed by atoms with Crippen molar-refractivity contribution < 1.29 is 0 Å². The summed E-state index contributed by atoms with van der Waals surface area (Å²) in [6, 6.07) is 3.07. The second-order valence-electron chi connectivity index (χ2n) is 5.84. The Labute approximate surface area is 99.4 Å². The molecule has 0 spiro atoms. The molecule has 2 nitrogen and oxygen atoms in total. The lowest BCUT2D eigenvalue weighted by Crippen LogP contribution is -2.36. The van der Waals surface area contributed by atoms with Gasteiger partial charge in [0.2, 0.25) is 0 Å². The largest absolute Gasteiger partial charge is 0.313 e. The molecule has 1 N–H and O–H groups in total. The minimum absolute atomic E-state index is 0.371. The van der Waals surface area contributed by atoms with Crippen LogP contribution in [-0.2, 0) is 0 Å². The molecule has 0 radical (unpaired) electrons. The lowest BCUT2D eigenvalue weighted by Gasteiger charge is -2.29. The van der Waals surface area contributed by atoms with Gasteiger partial charge in [0.25, 0.3) is 0 Å². The highest BCUT2D eigenvalue weighted by molar-refractivity contribution is 5.01. The van der Waals surface area contributed by atoms with E-state index in [1.807, 2.05) is 0 Å². The fourth-order valence-corrected chi connectivity index (χ4v) is 2.90. The van der Waals surface area contributed by atoms with E-state index in [0.717, 1.165) is 24.9 Å². The molecule has 0 aliphatic heterocycles. The maximum absolute atomic E-state index is 8.77. The topological polar surface area (TPSA) is 35.8 Å². The van der Waals surface area contributed by atoms with Crippen LogP contribution < -0.4 is 5.32 Å². The second kappa shape index (κ2) is 5.19. The standard InChI is InChI=1S/C14H24N2/c1-2-12-3-5-13(6-4-12)16-11-14(7-8-14)9-10-15/h12-13,16H,2-9,11H2,1H3. The van der Waals surface area contributed by atoms with Crippen molar-refractivity contribution in [1.29, 1.82) is 5.26 Å². The zero-order chi connectivity index (χ0) is 11.4. The average molecular weight is 220 g/mol. The van der Waals surface area contributed by atoms with Crippen LogP contribution in [0.15, 0.2) is 0 Å². The summed E-state index contributed by atoms with van der Waals surface area (Å²) >= 11 is 0. The van der Waals surface area contributed by atoms with Crippen LogP contribution in [0.5, 0.6) is 0 Å². The number of nitriles is 1. The first kappa shape index (κ1) is 11.9. The van der Waals surface area contributed by atoms with Gasteiger partial charge in [-0.05, 0) is 49.9 Å². The van der Waals surface area contributed by atoms with E-state index in [4.69, 9.17) is 5.26 Å². The van der Waals surface area contributed by atoms with Gasteiger partial charge in [-0.2, -0.15) is 5.26 Å². The zero-order valence-corrected chi connectivity index (χ0v) is 10.5. The summed E-state index contributed by atoms with van der Waals surface area (Å²) in [7, 11) is 0. The number of nitrogens with zero attached hydrogens (tertiary/aromatic N) is 1. The summed E-state index contributed by atoms with van der Waals surface area (Å²) in [5.74, 6) is 0.979. The van der Waals surface area contributed by atoms with Crippen LogP contribution in [0.2, 0.25) is 0 Å². The minimum atomic E-state index is 0.371. The monoisotopic (exact) mass is 220 g/mol. The van der Waals surface area contributed by atoms with E-state index in [-0.39, 0.29) is 0 Å². The quantitative estimate of drug-likeness (QED) is 0.772. The molecule has 2 aliphatic rings. The third kappa shape index (κ3) is 2.98. The Balaban J connectivity index is 1.66. The van der Waals surface area contributed by atoms with E-state index >= 15 is 0 Å². The molecule has 2 rings (SSSR count). The smallest absolute Gasteiger partial charge is 0.0628 e. The summed E-state index contributed by atoms with van der Waals surface area (Å²) in [4.78, 5) is 0. The van der Waals surface area contributed by atoms with Crippen molar-refractivity contribution in [2.24, 2.45) is 11.3 Å². The maximum Gasteiger partial charge on any atom is 0.0628 e. The fraction of sp³-hybridized carbons (Fsp3) is 0.929. The fourth-order valence-electron chi connectivity index (χ4n) is 2.90. The van der Waals surface area contributed by atoms with Crippen LogP contribution in [0.3, 0.4) is 0 Å². The molecule has 16 heavy (non-hydrogen) atoms. The van der Waals surface area contributed by atoms with Gasteiger partial charge < -0.3 is 5.32 Å². The number of rotatable bonds is 5. The molecule has 2 heteroatoms. The first-order chi connectivity index (χ1) is 7.78. The molecule has 0 aromatic heterocycles. The second-order valence-corrected chi connectivity index (χ2v) is 5.84. The van der Waals surface area contributed by atoms with Gasteiger partial charge in [0.05, 0.1) is 6.07 Å². The van der Waals surface area contributed by atoms with Crippen LogP contribution in [-0.4, -0.2) is 12.6 Å². The first-order valence-electron chi connectivity index (χ1n) is 6.88. The van der Waals surface area contributed by atoms with Crippen molar-refractivity contribution in [3.05, 3.63) is 0 Å². The van der Waals surface area contributed by atoms with Gasteiger partial charge in [0, 0.05) is 19.0 Å². The highest BCUT2D eigenvalue weighted by atomic mass is 14.9. The van der Waals surface area contributed by atoms with Crippen LogP contribution in [0.1, 0.15) is 58.3 Å². The van der Waals surface area contributed by atoms with Crippen molar-refractivity contribution in [2.75, 3.05) is 6.54 Å².